The van der Waals surface area contributed by atoms with E-state index in [9.17, 15) is 0 Å². The highest BCUT2D eigenvalue weighted by Gasteiger charge is 2.36. The van der Waals surface area contributed by atoms with Crippen molar-refractivity contribution >= 4 is 0 Å². The number of fused-ring (bicyclic) bond motifs is 1. The molecule has 0 radical (unpaired) electrons. The Bertz CT molecular complexity index is 418. The third-order valence-corrected chi connectivity index (χ3v) is 5.04. The van der Waals surface area contributed by atoms with Crippen molar-refractivity contribution in [3.05, 3.63) is 30.1 Å². The van der Waals surface area contributed by atoms with E-state index in [0.29, 0.717) is 0 Å². The van der Waals surface area contributed by atoms with Gasteiger partial charge in [-0.3, -0.25) is 14.8 Å². The quantitative estimate of drug-likeness (QED) is 0.840. The van der Waals surface area contributed by atoms with Gasteiger partial charge >= 0.3 is 0 Å². The van der Waals surface area contributed by atoms with Gasteiger partial charge in [-0.1, -0.05) is 13.8 Å². The Kier molecular flexibility index (Phi) is 4.37. The van der Waals surface area contributed by atoms with Crippen molar-refractivity contribution in [2.24, 2.45) is 5.92 Å². The van der Waals surface area contributed by atoms with E-state index in [2.05, 4.69) is 40.8 Å². The predicted molar refractivity (Wildman–Crippen MR) is 82.7 cm³/mol. The summed E-state index contributed by atoms with van der Waals surface area (Å²) < 4.78 is 0. The van der Waals surface area contributed by atoms with E-state index < -0.39 is 0 Å². The first-order chi connectivity index (χ1) is 9.74. The second kappa shape index (κ2) is 6.23. The highest BCUT2D eigenvalue weighted by atomic mass is 15.3. The Morgan fingerprint density at radius 3 is 2.80 bits per heavy atom. The summed E-state index contributed by atoms with van der Waals surface area (Å²) in [6.45, 7) is 9.82. The fourth-order valence-corrected chi connectivity index (χ4v) is 3.82. The molecule has 0 amide bonds. The Hall–Kier alpha value is -0.930. The van der Waals surface area contributed by atoms with Gasteiger partial charge < -0.3 is 0 Å². The van der Waals surface area contributed by atoms with E-state index in [1.807, 2.05) is 12.4 Å². The van der Waals surface area contributed by atoms with Crippen molar-refractivity contribution in [3.8, 4) is 0 Å². The Morgan fingerprint density at radius 2 is 2.05 bits per heavy atom. The van der Waals surface area contributed by atoms with Crippen molar-refractivity contribution < 1.29 is 0 Å². The second-order valence-electron chi connectivity index (χ2n) is 6.70. The van der Waals surface area contributed by atoms with Crippen molar-refractivity contribution in [2.45, 2.75) is 45.2 Å². The number of rotatable bonds is 4. The summed E-state index contributed by atoms with van der Waals surface area (Å²) in [5.41, 5.74) is 1.41. The number of hydrogen-bond acceptors (Lipinski definition) is 3. The smallest absolute Gasteiger partial charge is 0.0270 e. The van der Waals surface area contributed by atoms with Crippen LogP contribution >= 0.6 is 0 Å². The molecule has 2 unspecified atom stereocenters. The molecular weight excluding hydrogens is 246 g/mol. The zero-order valence-corrected chi connectivity index (χ0v) is 12.8. The van der Waals surface area contributed by atoms with Crippen molar-refractivity contribution in [2.75, 3.05) is 26.2 Å². The van der Waals surface area contributed by atoms with Crippen LogP contribution in [0.5, 0.6) is 0 Å². The van der Waals surface area contributed by atoms with Gasteiger partial charge in [0.2, 0.25) is 0 Å². The minimum Gasteiger partial charge on any atom is -0.298 e. The molecule has 20 heavy (non-hydrogen) atoms. The number of piperazine rings is 1. The molecular formula is C17H27N3. The van der Waals surface area contributed by atoms with Crippen LogP contribution in [0, 0.1) is 5.92 Å². The summed E-state index contributed by atoms with van der Waals surface area (Å²) >= 11 is 0. The monoisotopic (exact) mass is 273 g/mol. The summed E-state index contributed by atoms with van der Waals surface area (Å²) in [5.74, 6) is 0.744. The van der Waals surface area contributed by atoms with Crippen molar-refractivity contribution in [1.82, 2.24) is 14.8 Å². The molecule has 0 aromatic carbocycles. The average Bonchev–Trinajstić information content (AvgIpc) is 2.92. The lowest BCUT2D eigenvalue weighted by Crippen LogP contribution is -2.58. The molecule has 3 heterocycles. The summed E-state index contributed by atoms with van der Waals surface area (Å²) in [4.78, 5) is 9.58. The molecule has 1 aromatic rings. The van der Waals surface area contributed by atoms with E-state index in [4.69, 9.17) is 0 Å². The SMILES string of the molecule is CC(C)C1CN2CCCC2CN1CCc1ccncc1. The maximum atomic E-state index is 4.11. The molecule has 1 aromatic heterocycles. The third kappa shape index (κ3) is 3.04. The average molecular weight is 273 g/mol. The fraction of sp³-hybridized carbons (Fsp3) is 0.706. The van der Waals surface area contributed by atoms with E-state index in [1.54, 1.807) is 0 Å². The highest BCUT2D eigenvalue weighted by molar-refractivity contribution is 5.10. The van der Waals surface area contributed by atoms with Gasteiger partial charge in [0.05, 0.1) is 0 Å². The minimum atomic E-state index is 0.728. The standard InChI is InChI=1S/C17H27N3/c1-14(2)17-13-19-10-3-4-16(19)12-20(17)11-7-15-5-8-18-9-6-15/h5-6,8-9,14,16-17H,3-4,7,10-13H2,1-2H3. The van der Waals surface area contributed by atoms with Crippen LogP contribution in [0.4, 0.5) is 0 Å². The summed E-state index contributed by atoms with van der Waals surface area (Å²) in [7, 11) is 0. The normalized spacial score (nSPS) is 27.9. The Labute approximate surface area is 123 Å². The molecule has 2 aliphatic heterocycles. The van der Waals surface area contributed by atoms with Gasteiger partial charge in [-0.05, 0) is 49.4 Å². The van der Waals surface area contributed by atoms with Crippen LogP contribution in [0.15, 0.2) is 24.5 Å². The largest absolute Gasteiger partial charge is 0.298 e. The van der Waals surface area contributed by atoms with Crippen LogP contribution in [0.1, 0.15) is 32.3 Å². The van der Waals surface area contributed by atoms with E-state index >= 15 is 0 Å². The molecule has 3 rings (SSSR count). The lowest BCUT2D eigenvalue weighted by Gasteiger charge is -2.45. The number of nitrogens with zero attached hydrogens (tertiary/aromatic N) is 3. The molecule has 0 spiro atoms. The van der Waals surface area contributed by atoms with Crippen LogP contribution < -0.4 is 0 Å². The molecule has 3 nitrogen and oxygen atoms in total. The number of hydrogen-bond donors (Lipinski definition) is 0. The molecule has 0 saturated carbocycles. The highest BCUT2D eigenvalue weighted by Crippen LogP contribution is 2.27. The molecule has 3 heteroatoms. The third-order valence-electron chi connectivity index (χ3n) is 5.04. The van der Waals surface area contributed by atoms with Gasteiger partial charge in [0.15, 0.2) is 0 Å². The van der Waals surface area contributed by atoms with Gasteiger partial charge in [0.1, 0.15) is 0 Å². The predicted octanol–water partition coefficient (Wildman–Crippen LogP) is 2.43. The second-order valence-corrected chi connectivity index (χ2v) is 6.70. The number of aromatic nitrogens is 1. The van der Waals surface area contributed by atoms with Crippen LogP contribution in [0.25, 0.3) is 0 Å². The Balaban J connectivity index is 1.63. The van der Waals surface area contributed by atoms with Crippen molar-refractivity contribution in [3.63, 3.8) is 0 Å². The number of pyridine rings is 1. The van der Waals surface area contributed by atoms with E-state index in [0.717, 1.165) is 24.4 Å². The lowest BCUT2D eigenvalue weighted by atomic mass is 9.97. The van der Waals surface area contributed by atoms with Gasteiger partial charge in [-0.25, -0.2) is 0 Å². The molecule has 0 aliphatic carbocycles. The molecule has 0 N–H and O–H groups in total. The van der Waals surface area contributed by atoms with Gasteiger partial charge in [0.25, 0.3) is 0 Å². The minimum absolute atomic E-state index is 0.728. The first-order valence-corrected chi connectivity index (χ1v) is 8.11. The van der Waals surface area contributed by atoms with E-state index in [1.165, 1.54) is 44.6 Å². The van der Waals surface area contributed by atoms with Gasteiger partial charge in [-0.15, -0.1) is 0 Å². The molecule has 2 aliphatic rings. The molecule has 0 bridgehead atoms. The topological polar surface area (TPSA) is 19.4 Å². The maximum absolute atomic E-state index is 4.11. The molecule has 2 saturated heterocycles. The van der Waals surface area contributed by atoms with Crippen LogP contribution in [-0.4, -0.2) is 53.0 Å². The van der Waals surface area contributed by atoms with Gasteiger partial charge in [-0.2, -0.15) is 0 Å². The van der Waals surface area contributed by atoms with E-state index in [-0.39, 0.29) is 0 Å². The molecule has 110 valence electrons. The fourth-order valence-electron chi connectivity index (χ4n) is 3.82. The van der Waals surface area contributed by atoms with Gasteiger partial charge in [0, 0.05) is 44.1 Å². The van der Waals surface area contributed by atoms with Crippen LogP contribution in [-0.2, 0) is 6.42 Å². The zero-order valence-electron chi connectivity index (χ0n) is 12.8. The zero-order chi connectivity index (χ0) is 13.9. The first kappa shape index (κ1) is 14.0. The lowest BCUT2D eigenvalue weighted by molar-refractivity contribution is 0.0302. The molecule has 2 fully saturated rings. The van der Waals surface area contributed by atoms with Crippen molar-refractivity contribution in [1.29, 1.82) is 0 Å². The Morgan fingerprint density at radius 1 is 1.25 bits per heavy atom. The first-order valence-electron chi connectivity index (χ1n) is 8.11. The van der Waals surface area contributed by atoms with Crippen LogP contribution in [0.3, 0.4) is 0 Å². The maximum Gasteiger partial charge on any atom is 0.0270 e. The summed E-state index contributed by atoms with van der Waals surface area (Å²) in [5, 5.41) is 0. The van der Waals surface area contributed by atoms with Crippen LogP contribution in [0.2, 0.25) is 0 Å². The molecule has 2 atom stereocenters. The summed E-state index contributed by atoms with van der Waals surface area (Å²) in [6.07, 6.45) is 7.76. The summed E-state index contributed by atoms with van der Waals surface area (Å²) in [6, 6.07) is 5.85.